The van der Waals surface area contributed by atoms with E-state index in [1.165, 1.54) is 34.4 Å². The third-order valence-corrected chi connectivity index (χ3v) is 12.7. The van der Waals surface area contributed by atoms with Crippen LogP contribution in [0.25, 0.3) is 0 Å². The normalized spacial score (nSPS) is 45.7. The van der Waals surface area contributed by atoms with Gasteiger partial charge in [0.2, 0.25) is 0 Å². The standard InChI is InChI=1S/C20H32Se/c1-4-14(5-1)16-8-10-18(16)20(12-3-13-20)21-19-11-9-17(19)15-6-2-7-15/h14-19H,1-13H2. The van der Waals surface area contributed by atoms with Crippen LogP contribution in [0.3, 0.4) is 0 Å². The molecule has 0 aliphatic heterocycles. The van der Waals surface area contributed by atoms with E-state index >= 15 is 0 Å². The molecule has 21 heavy (non-hydrogen) atoms. The Morgan fingerprint density at radius 1 is 0.619 bits per heavy atom. The third-order valence-electron chi connectivity index (χ3n) is 8.36. The molecule has 5 saturated carbocycles. The molecular formula is C20H32Se. The van der Waals surface area contributed by atoms with Crippen molar-refractivity contribution < 1.29 is 0 Å². The summed E-state index contributed by atoms with van der Waals surface area (Å²) in [6, 6.07) is 0. The molecule has 0 nitrogen and oxygen atoms in total. The van der Waals surface area contributed by atoms with Crippen molar-refractivity contribution in [2.75, 3.05) is 0 Å². The average molecular weight is 351 g/mol. The van der Waals surface area contributed by atoms with E-state index in [0.29, 0.717) is 0 Å². The summed E-state index contributed by atoms with van der Waals surface area (Å²) in [5, 5.41) is 0. The van der Waals surface area contributed by atoms with Gasteiger partial charge in [-0.1, -0.05) is 0 Å². The Balaban J connectivity index is 1.25. The van der Waals surface area contributed by atoms with Gasteiger partial charge in [0, 0.05) is 0 Å². The van der Waals surface area contributed by atoms with Crippen LogP contribution in [0, 0.1) is 29.6 Å². The van der Waals surface area contributed by atoms with Crippen molar-refractivity contribution in [3.8, 4) is 0 Å². The fourth-order valence-electron chi connectivity index (χ4n) is 6.06. The second kappa shape index (κ2) is 5.27. The molecule has 1 heteroatoms. The fraction of sp³-hybridized carbons (Fsp3) is 1.00. The van der Waals surface area contributed by atoms with Gasteiger partial charge in [0.15, 0.2) is 0 Å². The molecule has 5 fully saturated rings. The van der Waals surface area contributed by atoms with E-state index < -0.39 is 0 Å². The van der Waals surface area contributed by atoms with E-state index in [2.05, 4.69) is 0 Å². The Bertz CT molecular complexity index is 391. The zero-order valence-corrected chi connectivity index (χ0v) is 15.3. The van der Waals surface area contributed by atoms with Crippen molar-refractivity contribution in [2.24, 2.45) is 29.6 Å². The van der Waals surface area contributed by atoms with Crippen LogP contribution in [0.1, 0.15) is 83.5 Å². The second-order valence-corrected chi connectivity index (χ2v) is 12.5. The number of rotatable bonds is 5. The molecule has 5 aliphatic rings. The molecular weight excluding hydrogens is 319 g/mol. The van der Waals surface area contributed by atoms with Crippen LogP contribution in [0.2, 0.25) is 9.13 Å². The van der Waals surface area contributed by atoms with Gasteiger partial charge in [-0.25, -0.2) is 0 Å². The van der Waals surface area contributed by atoms with Crippen LogP contribution in [0.15, 0.2) is 0 Å². The Morgan fingerprint density at radius 2 is 1.29 bits per heavy atom. The number of hydrogen-bond donors (Lipinski definition) is 0. The van der Waals surface area contributed by atoms with Crippen LogP contribution in [0.4, 0.5) is 0 Å². The summed E-state index contributed by atoms with van der Waals surface area (Å²) in [7, 11) is 0. The molecule has 0 N–H and O–H groups in total. The van der Waals surface area contributed by atoms with Gasteiger partial charge in [-0.2, -0.15) is 0 Å². The van der Waals surface area contributed by atoms with E-state index in [-0.39, 0.29) is 0 Å². The van der Waals surface area contributed by atoms with Crippen LogP contribution in [-0.4, -0.2) is 15.0 Å². The first-order valence-electron chi connectivity index (χ1n) is 10.0. The monoisotopic (exact) mass is 352 g/mol. The van der Waals surface area contributed by atoms with Gasteiger partial charge in [0.1, 0.15) is 0 Å². The van der Waals surface area contributed by atoms with Crippen LogP contribution in [0.5, 0.6) is 0 Å². The van der Waals surface area contributed by atoms with Crippen molar-refractivity contribution in [3.05, 3.63) is 0 Å². The fourth-order valence-corrected chi connectivity index (χ4v) is 11.1. The van der Waals surface area contributed by atoms with Crippen molar-refractivity contribution in [2.45, 2.75) is 92.6 Å². The Morgan fingerprint density at radius 3 is 1.67 bits per heavy atom. The first kappa shape index (κ1) is 13.9. The molecule has 5 rings (SSSR count). The van der Waals surface area contributed by atoms with E-state index in [4.69, 9.17) is 0 Å². The van der Waals surface area contributed by atoms with Crippen LogP contribution >= 0.6 is 0 Å². The van der Waals surface area contributed by atoms with E-state index in [1.54, 1.807) is 83.5 Å². The quantitative estimate of drug-likeness (QED) is 0.544. The van der Waals surface area contributed by atoms with Gasteiger partial charge in [-0.05, 0) is 0 Å². The molecule has 0 radical (unpaired) electrons. The zero-order valence-electron chi connectivity index (χ0n) is 13.6. The first-order chi connectivity index (χ1) is 10.4. The SMILES string of the molecule is C1CC(C2CCC2[Se]C2(C3CCC3C3CCC3)CCC2)C1. The summed E-state index contributed by atoms with van der Waals surface area (Å²) in [6.45, 7) is 0. The topological polar surface area (TPSA) is 0 Å². The summed E-state index contributed by atoms with van der Waals surface area (Å²) in [4.78, 5) is 1.23. The summed E-state index contributed by atoms with van der Waals surface area (Å²) < 4.78 is 0.929. The molecule has 118 valence electrons. The van der Waals surface area contributed by atoms with Gasteiger partial charge in [0.05, 0.1) is 0 Å². The van der Waals surface area contributed by atoms with Gasteiger partial charge < -0.3 is 0 Å². The molecule has 0 aromatic heterocycles. The Kier molecular flexibility index (Phi) is 3.49. The van der Waals surface area contributed by atoms with Crippen LogP contribution < -0.4 is 0 Å². The molecule has 4 atom stereocenters. The van der Waals surface area contributed by atoms with E-state index in [1.807, 2.05) is 0 Å². The minimum atomic E-state index is 0.929. The molecule has 0 spiro atoms. The van der Waals surface area contributed by atoms with Crippen molar-refractivity contribution in [1.82, 2.24) is 0 Å². The minimum absolute atomic E-state index is 0.929. The van der Waals surface area contributed by atoms with Gasteiger partial charge in [0.25, 0.3) is 0 Å². The zero-order chi connectivity index (χ0) is 13.9. The number of hydrogen-bond acceptors (Lipinski definition) is 0. The summed E-state index contributed by atoms with van der Waals surface area (Å²) >= 11 is 1.01. The Hall–Kier alpha value is 0.519. The summed E-state index contributed by atoms with van der Waals surface area (Å²) in [6.07, 6.45) is 20.9. The molecule has 0 bridgehead atoms. The third kappa shape index (κ3) is 2.13. The van der Waals surface area contributed by atoms with E-state index in [0.717, 1.165) is 19.3 Å². The summed E-state index contributed by atoms with van der Waals surface area (Å²) in [5.41, 5.74) is 0. The molecule has 0 heterocycles. The van der Waals surface area contributed by atoms with Crippen molar-refractivity contribution >= 4 is 15.0 Å². The maximum absolute atomic E-state index is 1.65. The first-order valence-corrected chi connectivity index (χ1v) is 11.9. The van der Waals surface area contributed by atoms with Crippen molar-refractivity contribution in [3.63, 3.8) is 0 Å². The van der Waals surface area contributed by atoms with Crippen molar-refractivity contribution in [1.29, 1.82) is 0 Å². The van der Waals surface area contributed by atoms with Crippen LogP contribution in [-0.2, 0) is 0 Å². The summed E-state index contributed by atoms with van der Waals surface area (Å²) in [5.74, 6) is 5.98. The molecule has 0 saturated heterocycles. The molecule has 0 amide bonds. The predicted octanol–water partition coefficient (Wildman–Crippen LogP) is 5.86. The maximum atomic E-state index is 1.65. The van der Waals surface area contributed by atoms with E-state index in [9.17, 15) is 0 Å². The molecule has 4 unspecified atom stereocenters. The molecule has 0 aromatic carbocycles. The molecule has 5 aliphatic carbocycles. The molecule has 0 aromatic rings. The predicted molar refractivity (Wildman–Crippen MR) is 89.7 cm³/mol. The second-order valence-electron chi connectivity index (χ2n) is 9.05. The Labute approximate surface area is 137 Å². The van der Waals surface area contributed by atoms with Gasteiger partial charge >= 0.3 is 137 Å². The van der Waals surface area contributed by atoms with Gasteiger partial charge in [-0.15, -0.1) is 0 Å². The average Bonchev–Trinajstić information content (AvgIpc) is 2.27. The van der Waals surface area contributed by atoms with Gasteiger partial charge in [-0.3, -0.25) is 0 Å².